The summed E-state index contributed by atoms with van der Waals surface area (Å²) in [4.78, 5) is 31.7. The van der Waals surface area contributed by atoms with Crippen LogP contribution in [0.3, 0.4) is 0 Å². The zero-order valence-corrected chi connectivity index (χ0v) is 9.03. The third kappa shape index (κ3) is 3.28. The molecule has 1 aromatic heterocycles. The molecule has 18 heavy (non-hydrogen) atoms. The monoisotopic (exact) mass is 258 g/mol. The lowest BCUT2D eigenvalue weighted by Crippen LogP contribution is -2.41. The Labute approximate surface area is 100 Å². The summed E-state index contributed by atoms with van der Waals surface area (Å²) in [6.45, 7) is -0.421. The van der Waals surface area contributed by atoms with Crippen LogP contribution in [-0.2, 0) is 4.79 Å². The number of amides is 1. The molecule has 0 radical (unpaired) electrons. The maximum atomic E-state index is 11.5. The molecular formula is C9H10N2O7. The molecule has 0 aliphatic heterocycles. The zero-order chi connectivity index (χ0) is 13.7. The van der Waals surface area contributed by atoms with E-state index in [1.54, 1.807) is 0 Å². The van der Waals surface area contributed by atoms with Crippen molar-refractivity contribution in [2.24, 2.45) is 0 Å². The lowest BCUT2D eigenvalue weighted by atomic mass is 10.2. The van der Waals surface area contributed by atoms with Crippen LogP contribution < -0.4 is 5.32 Å². The van der Waals surface area contributed by atoms with Crippen molar-refractivity contribution >= 4 is 17.8 Å². The summed E-state index contributed by atoms with van der Waals surface area (Å²) < 4.78 is 4.60. The Morgan fingerprint density at radius 2 is 2.17 bits per heavy atom. The van der Waals surface area contributed by atoms with Crippen molar-refractivity contribution in [3.8, 4) is 0 Å². The van der Waals surface area contributed by atoms with Crippen LogP contribution in [0.25, 0.3) is 0 Å². The Balaban J connectivity index is 2.74. The molecule has 9 nitrogen and oxygen atoms in total. The van der Waals surface area contributed by atoms with Gasteiger partial charge in [0, 0.05) is 13.0 Å². The van der Waals surface area contributed by atoms with Crippen molar-refractivity contribution < 1.29 is 29.1 Å². The van der Waals surface area contributed by atoms with E-state index in [4.69, 9.17) is 10.2 Å². The molecule has 1 atom stereocenters. The topological polar surface area (TPSA) is 143 Å². The number of aliphatic hydroxyl groups is 1. The first-order chi connectivity index (χ1) is 8.45. The SMILES string of the molecule is O=C(N[C@H](CCO)C(=O)O)c1ccc([N+](=O)[O-])o1. The summed E-state index contributed by atoms with van der Waals surface area (Å²) >= 11 is 0. The molecule has 1 rings (SSSR count). The summed E-state index contributed by atoms with van der Waals surface area (Å²) in [5.41, 5.74) is 0. The van der Waals surface area contributed by atoms with Crippen LogP contribution in [-0.4, -0.2) is 39.7 Å². The Morgan fingerprint density at radius 1 is 1.50 bits per heavy atom. The molecule has 0 fully saturated rings. The molecule has 1 amide bonds. The normalized spacial score (nSPS) is 11.8. The number of carboxylic acids is 1. The highest BCUT2D eigenvalue weighted by Gasteiger charge is 2.23. The van der Waals surface area contributed by atoms with Gasteiger partial charge in [-0.2, -0.15) is 0 Å². The first-order valence-electron chi connectivity index (χ1n) is 4.84. The number of nitrogens with one attached hydrogen (secondary N) is 1. The highest BCUT2D eigenvalue weighted by Crippen LogP contribution is 2.15. The number of carbonyl (C=O) groups is 2. The fraction of sp³-hybridized carbons (Fsp3) is 0.333. The van der Waals surface area contributed by atoms with Crippen molar-refractivity contribution in [1.29, 1.82) is 0 Å². The van der Waals surface area contributed by atoms with Crippen molar-refractivity contribution in [3.63, 3.8) is 0 Å². The first kappa shape index (κ1) is 13.6. The molecule has 0 saturated heterocycles. The van der Waals surface area contributed by atoms with Gasteiger partial charge in [-0.25, -0.2) is 4.79 Å². The fourth-order valence-electron chi connectivity index (χ4n) is 1.16. The van der Waals surface area contributed by atoms with Crippen LogP contribution in [0.4, 0.5) is 5.88 Å². The van der Waals surface area contributed by atoms with Crippen LogP contribution in [0.2, 0.25) is 0 Å². The molecular weight excluding hydrogens is 248 g/mol. The third-order valence-electron chi connectivity index (χ3n) is 2.02. The predicted molar refractivity (Wildman–Crippen MR) is 56.0 cm³/mol. The number of aliphatic hydroxyl groups excluding tert-OH is 1. The minimum absolute atomic E-state index is 0.177. The zero-order valence-electron chi connectivity index (χ0n) is 9.03. The minimum atomic E-state index is -1.32. The Hall–Kier alpha value is -2.42. The van der Waals surface area contributed by atoms with E-state index in [-0.39, 0.29) is 12.2 Å². The lowest BCUT2D eigenvalue weighted by molar-refractivity contribution is -0.402. The number of rotatable bonds is 6. The number of aliphatic carboxylic acids is 1. The fourth-order valence-corrected chi connectivity index (χ4v) is 1.16. The quantitative estimate of drug-likeness (QED) is 0.471. The van der Waals surface area contributed by atoms with Gasteiger partial charge in [0.15, 0.2) is 5.76 Å². The highest BCUT2D eigenvalue weighted by molar-refractivity contribution is 5.94. The van der Waals surface area contributed by atoms with Crippen LogP contribution in [0.1, 0.15) is 17.0 Å². The van der Waals surface area contributed by atoms with Crippen molar-refractivity contribution in [2.45, 2.75) is 12.5 Å². The minimum Gasteiger partial charge on any atom is -0.480 e. The van der Waals surface area contributed by atoms with Crippen molar-refractivity contribution in [2.75, 3.05) is 6.61 Å². The average Bonchev–Trinajstić information content (AvgIpc) is 2.77. The van der Waals surface area contributed by atoms with E-state index < -0.39 is 35.3 Å². The Bertz CT molecular complexity index is 467. The van der Waals surface area contributed by atoms with E-state index >= 15 is 0 Å². The second-order valence-electron chi connectivity index (χ2n) is 3.27. The molecule has 0 aromatic carbocycles. The first-order valence-corrected chi connectivity index (χ1v) is 4.84. The maximum absolute atomic E-state index is 11.5. The van der Waals surface area contributed by atoms with E-state index in [1.807, 2.05) is 0 Å². The standard InChI is InChI=1S/C9H10N2O7/c12-4-3-5(9(14)15)10-8(13)6-1-2-7(18-6)11(16)17/h1-2,5,12H,3-4H2,(H,10,13)(H,14,15)/t5-/m1/s1. The Kier molecular flexibility index (Phi) is 4.38. The summed E-state index contributed by atoms with van der Waals surface area (Å²) in [6.07, 6.45) is -0.177. The van der Waals surface area contributed by atoms with Gasteiger partial charge in [-0.1, -0.05) is 0 Å². The number of nitrogens with zero attached hydrogens (tertiary/aromatic N) is 1. The second-order valence-corrected chi connectivity index (χ2v) is 3.27. The van der Waals surface area contributed by atoms with Gasteiger partial charge in [-0.3, -0.25) is 14.9 Å². The number of furan rings is 1. The van der Waals surface area contributed by atoms with Crippen LogP contribution in [0.15, 0.2) is 16.5 Å². The molecule has 0 aliphatic rings. The van der Waals surface area contributed by atoms with Gasteiger partial charge in [-0.05, 0) is 6.07 Å². The van der Waals surface area contributed by atoms with E-state index in [0.717, 1.165) is 12.1 Å². The van der Waals surface area contributed by atoms with E-state index in [2.05, 4.69) is 9.73 Å². The van der Waals surface area contributed by atoms with Crippen LogP contribution in [0.5, 0.6) is 0 Å². The molecule has 98 valence electrons. The molecule has 9 heteroatoms. The number of nitro groups is 1. The third-order valence-corrected chi connectivity index (χ3v) is 2.02. The summed E-state index contributed by atoms with van der Waals surface area (Å²) in [5.74, 6) is -3.21. The van der Waals surface area contributed by atoms with Crippen LogP contribution >= 0.6 is 0 Å². The van der Waals surface area contributed by atoms with Gasteiger partial charge in [-0.15, -0.1) is 0 Å². The van der Waals surface area contributed by atoms with E-state index in [1.165, 1.54) is 0 Å². The molecule has 0 aliphatic carbocycles. The molecule has 1 aromatic rings. The van der Waals surface area contributed by atoms with Crippen molar-refractivity contribution in [1.82, 2.24) is 5.32 Å². The molecule has 1 heterocycles. The van der Waals surface area contributed by atoms with Crippen LogP contribution in [0, 0.1) is 10.1 Å². The van der Waals surface area contributed by atoms with Gasteiger partial charge in [0.1, 0.15) is 11.0 Å². The molecule has 0 unspecified atom stereocenters. The predicted octanol–water partition coefficient (Wildman–Crippen LogP) is -0.247. The van der Waals surface area contributed by atoms with Gasteiger partial charge >= 0.3 is 11.9 Å². The Morgan fingerprint density at radius 3 is 2.61 bits per heavy atom. The highest BCUT2D eigenvalue weighted by atomic mass is 16.6. The number of carboxylic acid groups (broad SMARTS) is 1. The lowest BCUT2D eigenvalue weighted by Gasteiger charge is -2.11. The number of hydrogen-bond donors (Lipinski definition) is 3. The largest absolute Gasteiger partial charge is 0.480 e. The maximum Gasteiger partial charge on any atom is 0.433 e. The molecule has 0 bridgehead atoms. The smallest absolute Gasteiger partial charge is 0.433 e. The second kappa shape index (κ2) is 5.77. The number of carbonyl (C=O) groups excluding carboxylic acids is 1. The average molecular weight is 258 g/mol. The summed E-state index contributed by atoms with van der Waals surface area (Å²) in [5, 5.41) is 29.7. The molecule has 0 saturated carbocycles. The van der Waals surface area contributed by atoms with E-state index in [0.29, 0.717) is 0 Å². The van der Waals surface area contributed by atoms with Gasteiger partial charge in [0.25, 0.3) is 5.91 Å². The number of hydrogen-bond acceptors (Lipinski definition) is 6. The summed E-state index contributed by atoms with van der Waals surface area (Å²) in [7, 11) is 0. The van der Waals surface area contributed by atoms with Gasteiger partial charge in [0.2, 0.25) is 0 Å². The van der Waals surface area contributed by atoms with E-state index in [9.17, 15) is 19.7 Å². The van der Waals surface area contributed by atoms with Gasteiger partial charge in [0.05, 0.1) is 6.07 Å². The molecule has 3 N–H and O–H groups in total. The van der Waals surface area contributed by atoms with Gasteiger partial charge < -0.3 is 19.9 Å². The molecule has 0 spiro atoms. The summed E-state index contributed by atoms with van der Waals surface area (Å²) in [6, 6.07) is 0.758. The van der Waals surface area contributed by atoms with Crippen molar-refractivity contribution in [3.05, 3.63) is 28.0 Å².